The Balaban J connectivity index is 2.14. The predicted octanol–water partition coefficient (Wildman–Crippen LogP) is 4.86. The van der Waals surface area contributed by atoms with E-state index in [1.165, 1.54) is 32.6 Å². The van der Waals surface area contributed by atoms with Crippen molar-refractivity contribution in [1.29, 1.82) is 0 Å². The Bertz CT molecular complexity index is 748. The Labute approximate surface area is 135 Å². The maximum atomic E-state index is 11.5. The summed E-state index contributed by atoms with van der Waals surface area (Å²) in [5.74, 6) is 0.450. The molecule has 1 aromatic carbocycles. The average Bonchev–Trinajstić information content (AvgIpc) is 2.91. The number of ether oxygens (including phenoxy) is 1. The number of para-hydroxylation sites is 1. The minimum absolute atomic E-state index is 0.113. The average molecular weight is 314 g/mol. The number of aliphatic carboxylic acids is 1. The van der Waals surface area contributed by atoms with Gasteiger partial charge >= 0.3 is 5.97 Å². The fourth-order valence-corrected chi connectivity index (χ4v) is 3.57. The summed E-state index contributed by atoms with van der Waals surface area (Å²) in [6.07, 6.45) is 7.32. The Hall–Kier alpha value is -2.23. The van der Waals surface area contributed by atoms with Crippen LogP contribution in [0.15, 0.2) is 28.9 Å². The molecule has 4 nitrogen and oxygen atoms in total. The van der Waals surface area contributed by atoms with Crippen LogP contribution in [-0.2, 0) is 9.53 Å². The summed E-state index contributed by atoms with van der Waals surface area (Å²) >= 11 is 0. The number of hydrogen-bond donors (Lipinski definition) is 1. The smallest absolute Gasteiger partial charge is 0.339 e. The van der Waals surface area contributed by atoms with E-state index in [1.807, 2.05) is 12.1 Å². The number of rotatable bonds is 4. The maximum absolute atomic E-state index is 11.5. The van der Waals surface area contributed by atoms with Crippen LogP contribution in [0.25, 0.3) is 16.5 Å². The predicted molar refractivity (Wildman–Crippen MR) is 89.4 cm³/mol. The first-order valence-electron chi connectivity index (χ1n) is 8.12. The summed E-state index contributed by atoms with van der Waals surface area (Å²) < 4.78 is 11.1. The summed E-state index contributed by atoms with van der Waals surface area (Å²) in [6, 6.07) is 5.64. The lowest BCUT2D eigenvalue weighted by atomic mass is 9.86. The molecule has 0 aliphatic heterocycles. The molecule has 0 unspecified atom stereocenters. The molecule has 0 atom stereocenters. The molecule has 1 saturated carbocycles. The van der Waals surface area contributed by atoms with Gasteiger partial charge in [0.15, 0.2) is 0 Å². The molecule has 0 spiro atoms. The van der Waals surface area contributed by atoms with Crippen molar-refractivity contribution in [1.82, 2.24) is 0 Å². The first-order chi connectivity index (χ1) is 11.1. The van der Waals surface area contributed by atoms with Crippen molar-refractivity contribution in [3.8, 4) is 0 Å². The highest BCUT2D eigenvalue weighted by molar-refractivity contribution is 6.18. The lowest BCUT2D eigenvalue weighted by molar-refractivity contribution is -0.130. The molecule has 0 bridgehead atoms. The second-order valence-electron chi connectivity index (χ2n) is 6.18. The molecule has 4 heteroatoms. The van der Waals surface area contributed by atoms with Gasteiger partial charge in [0.05, 0.1) is 13.4 Å². The van der Waals surface area contributed by atoms with E-state index >= 15 is 0 Å². The van der Waals surface area contributed by atoms with Gasteiger partial charge in [0.2, 0.25) is 0 Å². The lowest BCUT2D eigenvalue weighted by Gasteiger charge is -2.20. The van der Waals surface area contributed by atoms with Gasteiger partial charge in [0, 0.05) is 16.9 Å². The van der Waals surface area contributed by atoms with Gasteiger partial charge in [-0.25, -0.2) is 4.79 Å². The highest BCUT2D eigenvalue weighted by atomic mass is 16.5. The van der Waals surface area contributed by atoms with Crippen molar-refractivity contribution >= 4 is 22.5 Å². The lowest BCUT2D eigenvalue weighted by Crippen LogP contribution is -2.04. The third-order valence-electron chi connectivity index (χ3n) is 4.73. The van der Waals surface area contributed by atoms with Gasteiger partial charge in [-0.05, 0) is 25.3 Å². The van der Waals surface area contributed by atoms with Crippen LogP contribution in [0.5, 0.6) is 0 Å². The van der Waals surface area contributed by atoms with Crippen molar-refractivity contribution in [3.05, 3.63) is 41.3 Å². The maximum Gasteiger partial charge on any atom is 0.339 e. The van der Waals surface area contributed by atoms with E-state index in [-0.39, 0.29) is 5.57 Å². The third kappa shape index (κ3) is 2.85. The van der Waals surface area contributed by atoms with Crippen LogP contribution in [-0.4, -0.2) is 18.2 Å². The molecular weight excluding hydrogens is 292 g/mol. The molecule has 2 aromatic rings. The number of benzene rings is 1. The van der Waals surface area contributed by atoms with Gasteiger partial charge in [0.1, 0.15) is 16.9 Å². The Kier molecular flexibility index (Phi) is 4.42. The summed E-state index contributed by atoms with van der Waals surface area (Å²) in [4.78, 5) is 11.5. The van der Waals surface area contributed by atoms with E-state index in [0.717, 1.165) is 29.6 Å². The molecule has 3 rings (SSSR count). The Morgan fingerprint density at radius 2 is 2.04 bits per heavy atom. The zero-order valence-corrected chi connectivity index (χ0v) is 13.6. The molecule has 23 heavy (non-hydrogen) atoms. The fourth-order valence-electron chi connectivity index (χ4n) is 3.57. The second kappa shape index (κ2) is 6.49. The second-order valence-corrected chi connectivity index (χ2v) is 6.18. The topological polar surface area (TPSA) is 59.7 Å². The third-order valence-corrected chi connectivity index (χ3v) is 4.73. The molecule has 1 aliphatic carbocycles. The van der Waals surface area contributed by atoms with Crippen LogP contribution in [0, 0.1) is 6.92 Å². The molecule has 122 valence electrons. The fraction of sp³-hybridized carbons (Fsp3) is 0.421. The number of fused-ring (bicyclic) bond motifs is 1. The van der Waals surface area contributed by atoms with Crippen molar-refractivity contribution in [2.24, 2.45) is 0 Å². The van der Waals surface area contributed by atoms with E-state index in [0.29, 0.717) is 17.1 Å². The zero-order valence-electron chi connectivity index (χ0n) is 13.6. The van der Waals surface area contributed by atoms with Crippen LogP contribution >= 0.6 is 0 Å². The van der Waals surface area contributed by atoms with Crippen molar-refractivity contribution in [2.75, 3.05) is 7.11 Å². The number of hydrogen-bond acceptors (Lipinski definition) is 3. The van der Waals surface area contributed by atoms with Crippen LogP contribution < -0.4 is 0 Å². The summed E-state index contributed by atoms with van der Waals surface area (Å²) in [5, 5.41) is 10.4. The van der Waals surface area contributed by atoms with Crippen LogP contribution in [0.2, 0.25) is 0 Å². The number of furan rings is 1. The van der Waals surface area contributed by atoms with E-state index in [4.69, 9.17) is 9.15 Å². The Morgan fingerprint density at radius 1 is 1.30 bits per heavy atom. The molecule has 0 saturated heterocycles. The van der Waals surface area contributed by atoms with E-state index in [2.05, 4.69) is 6.92 Å². The molecule has 0 radical (unpaired) electrons. The largest absolute Gasteiger partial charge is 0.503 e. The number of carboxylic acids is 1. The molecular formula is C19H22O4. The van der Waals surface area contributed by atoms with Crippen molar-refractivity contribution < 1.29 is 19.1 Å². The first kappa shape index (κ1) is 15.7. The molecule has 1 aliphatic rings. The van der Waals surface area contributed by atoms with Gasteiger partial charge in [-0.2, -0.15) is 0 Å². The van der Waals surface area contributed by atoms with Gasteiger partial charge < -0.3 is 14.3 Å². The van der Waals surface area contributed by atoms with Gasteiger partial charge in [-0.15, -0.1) is 0 Å². The van der Waals surface area contributed by atoms with E-state index < -0.39 is 5.97 Å². The number of carbonyl (C=O) groups is 1. The minimum Gasteiger partial charge on any atom is -0.503 e. The summed E-state index contributed by atoms with van der Waals surface area (Å²) in [5.41, 5.74) is 2.47. The highest BCUT2D eigenvalue weighted by Gasteiger charge is 2.25. The SMILES string of the molecule is COC=C(C(=O)O)c1cccc2c(C)c(C3CCCCC3)oc12. The van der Waals surface area contributed by atoms with Crippen molar-refractivity contribution in [2.45, 2.75) is 44.9 Å². The molecule has 1 heterocycles. The van der Waals surface area contributed by atoms with Crippen LogP contribution in [0.1, 0.15) is 54.9 Å². The quantitative estimate of drug-likeness (QED) is 0.646. The molecule has 1 N–H and O–H groups in total. The minimum atomic E-state index is -1.02. The van der Waals surface area contributed by atoms with Gasteiger partial charge in [0.25, 0.3) is 0 Å². The number of aryl methyl sites for hydroxylation is 1. The molecule has 1 fully saturated rings. The van der Waals surface area contributed by atoms with E-state index in [9.17, 15) is 9.90 Å². The number of methoxy groups -OCH3 is 1. The summed E-state index contributed by atoms with van der Waals surface area (Å²) in [7, 11) is 1.45. The first-order valence-corrected chi connectivity index (χ1v) is 8.12. The van der Waals surface area contributed by atoms with Gasteiger partial charge in [-0.3, -0.25) is 0 Å². The molecule has 1 aromatic heterocycles. The Morgan fingerprint density at radius 3 is 2.70 bits per heavy atom. The summed E-state index contributed by atoms with van der Waals surface area (Å²) in [6.45, 7) is 2.07. The van der Waals surface area contributed by atoms with Gasteiger partial charge in [-0.1, -0.05) is 37.5 Å². The van der Waals surface area contributed by atoms with Crippen LogP contribution in [0.4, 0.5) is 0 Å². The van der Waals surface area contributed by atoms with Crippen LogP contribution in [0.3, 0.4) is 0 Å². The zero-order chi connectivity index (χ0) is 16.4. The monoisotopic (exact) mass is 314 g/mol. The number of carboxylic acid groups (broad SMARTS) is 1. The van der Waals surface area contributed by atoms with Crippen molar-refractivity contribution in [3.63, 3.8) is 0 Å². The standard InChI is InChI=1S/C19H22O4/c1-12-14-9-6-10-15(16(11-22-2)19(20)21)18(14)23-17(12)13-7-4-3-5-8-13/h6,9-11,13H,3-5,7-8H2,1-2H3,(H,20,21). The normalized spacial score (nSPS) is 16.7. The highest BCUT2D eigenvalue weighted by Crippen LogP contribution is 2.40. The molecule has 0 amide bonds. The van der Waals surface area contributed by atoms with E-state index in [1.54, 1.807) is 6.07 Å².